The highest BCUT2D eigenvalue weighted by Gasteiger charge is 2.31. The molecule has 3 N–H and O–H groups in total. The maximum absolute atomic E-state index is 8.77. The van der Waals surface area contributed by atoms with Crippen LogP contribution in [0.5, 0.6) is 11.5 Å². The molecular weight excluding hydrogens is 562 g/mol. The predicted octanol–water partition coefficient (Wildman–Crippen LogP) is 5.62. The van der Waals surface area contributed by atoms with Gasteiger partial charge in [0.05, 0.1) is 26.4 Å². The summed E-state index contributed by atoms with van der Waals surface area (Å²) in [6.07, 6.45) is 10.2. The average Bonchev–Trinajstić information content (AvgIpc) is 3.40. The fraction of sp³-hybridized carbons (Fsp3) is 0.515. The zero-order valence-corrected chi connectivity index (χ0v) is 26.2. The van der Waals surface area contributed by atoms with Gasteiger partial charge in [-0.2, -0.15) is 4.98 Å². The van der Waals surface area contributed by atoms with Crippen LogP contribution in [0.3, 0.4) is 0 Å². The van der Waals surface area contributed by atoms with Gasteiger partial charge < -0.3 is 30.1 Å². The van der Waals surface area contributed by atoms with Crippen LogP contribution in [0.4, 0.5) is 5.13 Å². The maximum atomic E-state index is 8.77. The third-order valence-electron chi connectivity index (χ3n) is 8.21. The molecule has 43 heavy (non-hydrogen) atoms. The van der Waals surface area contributed by atoms with Crippen LogP contribution >= 0.6 is 10.5 Å². The SMILES string of the molecule is C[s+]1c(N2CCCCC2)nc(-c2ccc(OCCCCCOc3ccc(C(N)=NO)cc3)cc2)c1CCN1CCOCC1. The van der Waals surface area contributed by atoms with Crippen molar-refractivity contribution < 1.29 is 19.4 Å². The van der Waals surface area contributed by atoms with E-state index >= 15 is 0 Å². The molecule has 0 radical (unpaired) electrons. The number of thiazole rings is 1. The lowest BCUT2D eigenvalue weighted by molar-refractivity contribution is 0.0385. The van der Waals surface area contributed by atoms with Crippen molar-refractivity contribution >= 4 is 21.4 Å². The highest BCUT2D eigenvalue weighted by Crippen LogP contribution is 2.42. The van der Waals surface area contributed by atoms with Crippen molar-refractivity contribution in [1.82, 2.24) is 9.88 Å². The third kappa shape index (κ3) is 8.61. The largest absolute Gasteiger partial charge is 0.494 e. The number of aromatic nitrogens is 1. The van der Waals surface area contributed by atoms with E-state index in [0.717, 1.165) is 83.1 Å². The van der Waals surface area contributed by atoms with Crippen LogP contribution < -0.4 is 20.1 Å². The van der Waals surface area contributed by atoms with Gasteiger partial charge >= 0.3 is 5.13 Å². The Labute approximate surface area is 258 Å². The van der Waals surface area contributed by atoms with E-state index in [0.29, 0.717) is 18.8 Å². The van der Waals surface area contributed by atoms with Gasteiger partial charge in [0.2, 0.25) is 0 Å². The van der Waals surface area contributed by atoms with Crippen LogP contribution in [0.15, 0.2) is 53.7 Å². The summed E-state index contributed by atoms with van der Waals surface area (Å²) < 4.78 is 17.4. The number of nitrogens with two attached hydrogens (primary N) is 1. The molecule has 3 heterocycles. The molecule has 232 valence electrons. The summed E-state index contributed by atoms with van der Waals surface area (Å²) in [5.74, 6) is 1.76. The highest BCUT2D eigenvalue weighted by atomic mass is 32.2. The molecule has 0 amide bonds. The van der Waals surface area contributed by atoms with Gasteiger partial charge in [-0.15, -0.1) is 0 Å². The van der Waals surface area contributed by atoms with E-state index in [4.69, 9.17) is 30.1 Å². The number of benzene rings is 2. The van der Waals surface area contributed by atoms with E-state index in [1.807, 2.05) is 12.1 Å². The number of hydrogen-bond acceptors (Lipinski definition) is 8. The molecule has 10 heteroatoms. The minimum atomic E-state index is 0.0260. The maximum Gasteiger partial charge on any atom is 0.342 e. The zero-order chi connectivity index (χ0) is 29.9. The Balaban J connectivity index is 1.11. The monoisotopic (exact) mass is 608 g/mol. The molecule has 0 bridgehead atoms. The van der Waals surface area contributed by atoms with E-state index in [1.54, 1.807) is 12.1 Å². The molecular formula is C33H46N5O4S+. The van der Waals surface area contributed by atoms with E-state index < -0.39 is 0 Å². The van der Waals surface area contributed by atoms with Crippen LogP contribution in [-0.4, -0.2) is 80.1 Å². The number of nitrogens with zero attached hydrogens (tertiary/aromatic N) is 4. The lowest BCUT2D eigenvalue weighted by Crippen LogP contribution is -2.37. The average molecular weight is 609 g/mol. The zero-order valence-electron chi connectivity index (χ0n) is 25.4. The molecule has 2 aliphatic heterocycles. The van der Waals surface area contributed by atoms with Crippen molar-refractivity contribution in [1.29, 1.82) is 0 Å². The van der Waals surface area contributed by atoms with Gasteiger partial charge in [-0.25, -0.2) is 0 Å². The number of unbranched alkanes of at least 4 members (excludes halogenated alkanes) is 2. The number of ether oxygens (including phenoxy) is 3. The lowest BCUT2D eigenvalue weighted by Gasteiger charge is -2.26. The van der Waals surface area contributed by atoms with Crippen LogP contribution in [0.2, 0.25) is 0 Å². The predicted molar refractivity (Wildman–Crippen MR) is 174 cm³/mol. The molecule has 1 aromatic heterocycles. The molecule has 9 nitrogen and oxygen atoms in total. The first kappa shape index (κ1) is 31.1. The summed E-state index contributed by atoms with van der Waals surface area (Å²) in [6, 6.07) is 15.7. The summed E-state index contributed by atoms with van der Waals surface area (Å²) in [5.41, 5.74) is 8.62. The first-order chi connectivity index (χ1) is 21.1. The van der Waals surface area contributed by atoms with Crippen molar-refractivity contribution in [2.75, 3.05) is 64.1 Å². The van der Waals surface area contributed by atoms with Gasteiger partial charge in [0.1, 0.15) is 23.4 Å². The molecule has 2 fully saturated rings. The molecule has 1 atom stereocenters. The van der Waals surface area contributed by atoms with Crippen molar-refractivity contribution in [3.8, 4) is 22.8 Å². The number of oxime groups is 1. The molecule has 2 aliphatic rings. The standard InChI is InChI=1S/C33H45N5O4S/c1-43-30(16-19-37-20-24-40-25-21-37)31(35-33(43)38-17-4-2-5-18-38)26-8-12-28(13-9-26)41-22-6-3-7-23-42-29-14-10-27(11-15-29)32(34)36-39/h8-15H,2-7,16-25H2,1H3,(H2-,34,36,39)/p+1. The van der Waals surface area contributed by atoms with E-state index in [2.05, 4.69) is 45.5 Å². The number of piperidine rings is 1. The van der Waals surface area contributed by atoms with E-state index in [1.165, 1.54) is 40.5 Å². The Morgan fingerprint density at radius 2 is 1.53 bits per heavy atom. The molecule has 5 rings (SSSR count). The van der Waals surface area contributed by atoms with Gasteiger partial charge in [0, 0.05) is 60.7 Å². The van der Waals surface area contributed by atoms with Gasteiger partial charge in [-0.3, -0.25) is 4.90 Å². The fourth-order valence-corrected chi connectivity index (χ4v) is 7.53. The lowest BCUT2D eigenvalue weighted by atomic mass is 10.1. The van der Waals surface area contributed by atoms with Crippen LogP contribution in [0.1, 0.15) is 49.0 Å². The Hall–Kier alpha value is -3.34. The smallest absolute Gasteiger partial charge is 0.342 e. The van der Waals surface area contributed by atoms with Crippen molar-refractivity contribution in [2.24, 2.45) is 17.1 Å². The molecule has 2 aromatic carbocycles. The number of anilines is 1. The minimum Gasteiger partial charge on any atom is -0.494 e. The molecule has 3 aromatic rings. The first-order valence-corrected chi connectivity index (χ1v) is 17.2. The molecule has 2 saturated heterocycles. The highest BCUT2D eigenvalue weighted by molar-refractivity contribution is 7.33. The number of rotatable bonds is 14. The van der Waals surface area contributed by atoms with E-state index in [9.17, 15) is 0 Å². The van der Waals surface area contributed by atoms with Gasteiger partial charge in [-0.05, 0) is 87.1 Å². The normalized spacial score (nSPS) is 16.8. The topological polar surface area (TPSA) is 106 Å². The molecule has 0 spiro atoms. The first-order valence-electron chi connectivity index (χ1n) is 15.6. The summed E-state index contributed by atoms with van der Waals surface area (Å²) in [5, 5.41) is 13.1. The van der Waals surface area contributed by atoms with Gasteiger partial charge in [0.25, 0.3) is 0 Å². The number of amidine groups is 1. The van der Waals surface area contributed by atoms with Crippen LogP contribution in [0.25, 0.3) is 11.3 Å². The van der Waals surface area contributed by atoms with Gasteiger partial charge in [0.15, 0.2) is 10.7 Å². The Morgan fingerprint density at radius 1 is 0.907 bits per heavy atom. The number of hydrogen-bond donors (Lipinski definition) is 2. The Morgan fingerprint density at radius 3 is 2.16 bits per heavy atom. The summed E-state index contributed by atoms with van der Waals surface area (Å²) >= 11 is 0. The Bertz CT molecular complexity index is 1300. The van der Waals surface area contributed by atoms with Crippen molar-refractivity contribution in [3.05, 3.63) is 59.0 Å². The quantitative estimate of drug-likeness (QED) is 0.0607. The summed E-state index contributed by atoms with van der Waals surface area (Å²) in [6.45, 7) is 8.35. The van der Waals surface area contributed by atoms with Crippen molar-refractivity contribution in [3.63, 3.8) is 0 Å². The van der Waals surface area contributed by atoms with Gasteiger partial charge in [-0.1, -0.05) is 5.16 Å². The van der Waals surface area contributed by atoms with Crippen molar-refractivity contribution in [2.45, 2.75) is 44.9 Å². The second-order valence-corrected chi connectivity index (χ2v) is 13.1. The minimum absolute atomic E-state index is 0.0260. The molecule has 0 saturated carbocycles. The molecule has 0 aliphatic carbocycles. The van der Waals surface area contributed by atoms with Crippen LogP contribution in [-0.2, 0) is 17.4 Å². The fourth-order valence-electron chi connectivity index (χ4n) is 5.66. The molecule has 1 unspecified atom stereocenters. The third-order valence-corrected chi connectivity index (χ3v) is 10.2. The van der Waals surface area contributed by atoms with E-state index in [-0.39, 0.29) is 16.3 Å². The van der Waals surface area contributed by atoms with Crippen LogP contribution in [0, 0.1) is 0 Å². The summed E-state index contributed by atoms with van der Waals surface area (Å²) in [7, 11) is 0.0260. The second kappa shape index (κ2) is 15.9. The number of morpholine rings is 1. The Kier molecular flexibility index (Phi) is 11.5. The summed E-state index contributed by atoms with van der Waals surface area (Å²) in [4.78, 5) is 11.8. The second-order valence-electron chi connectivity index (χ2n) is 11.2.